The zero-order valence-electron chi connectivity index (χ0n) is 21.1. The molecule has 2 aliphatic heterocycles. The number of aryl methyl sites for hydroxylation is 3. The van der Waals surface area contributed by atoms with Gasteiger partial charge >= 0.3 is 6.03 Å². The molecule has 11 heteroatoms. The standard InChI is InChI=1S/C26H28FN7O3/c1-5-21(18-7-6-14(2)8-20(18)27)34-26(37)32-23(25(36)33(34)17-12-29-31(4)13-17)19(24(32)35)10-16-9-15(3)30-22(28)11-16/h6-9,11-13,19,21,23H,5,10H2,1-4H3,(H2,28,30)/t19-,21-,23+/m1/s1. The third-order valence-corrected chi connectivity index (χ3v) is 6.91. The highest BCUT2D eigenvalue weighted by atomic mass is 19.1. The highest BCUT2D eigenvalue weighted by molar-refractivity contribution is 6.16. The Morgan fingerprint density at radius 1 is 1.11 bits per heavy atom. The molecule has 3 atom stereocenters. The van der Waals surface area contributed by atoms with Crippen LogP contribution in [0.5, 0.6) is 0 Å². The molecule has 2 aromatic heterocycles. The second-order valence-electron chi connectivity index (χ2n) is 9.60. The second kappa shape index (κ2) is 8.99. The summed E-state index contributed by atoms with van der Waals surface area (Å²) in [7, 11) is 1.69. The van der Waals surface area contributed by atoms with Crippen LogP contribution in [0.2, 0.25) is 0 Å². The molecule has 4 amide bonds. The Hall–Kier alpha value is -4.28. The van der Waals surface area contributed by atoms with Crippen molar-refractivity contribution in [1.29, 1.82) is 0 Å². The Labute approximate surface area is 213 Å². The van der Waals surface area contributed by atoms with E-state index in [1.165, 1.54) is 27.0 Å². The van der Waals surface area contributed by atoms with Crippen LogP contribution in [0.1, 0.15) is 41.8 Å². The monoisotopic (exact) mass is 505 g/mol. The number of hydrazine groups is 1. The van der Waals surface area contributed by atoms with E-state index in [0.29, 0.717) is 23.6 Å². The zero-order valence-corrected chi connectivity index (χ0v) is 21.1. The van der Waals surface area contributed by atoms with Crippen molar-refractivity contribution in [3.63, 3.8) is 0 Å². The van der Waals surface area contributed by atoms with E-state index < -0.39 is 41.7 Å². The van der Waals surface area contributed by atoms with E-state index in [1.807, 2.05) is 0 Å². The number of amides is 4. The lowest BCUT2D eigenvalue weighted by Gasteiger charge is -2.55. The molecular formula is C26H28FN7O3. The number of hydrogen-bond acceptors (Lipinski definition) is 6. The van der Waals surface area contributed by atoms with Gasteiger partial charge in [-0.1, -0.05) is 19.1 Å². The lowest BCUT2D eigenvalue weighted by Crippen LogP contribution is -2.78. The van der Waals surface area contributed by atoms with Gasteiger partial charge in [0.2, 0.25) is 5.91 Å². The Morgan fingerprint density at radius 2 is 1.86 bits per heavy atom. The molecule has 2 aliphatic rings. The van der Waals surface area contributed by atoms with Crippen molar-refractivity contribution < 1.29 is 18.8 Å². The summed E-state index contributed by atoms with van der Waals surface area (Å²) in [5.41, 5.74) is 8.67. The van der Waals surface area contributed by atoms with Crippen LogP contribution in [0.25, 0.3) is 0 Å². The highest BCUT2D eigenvalue weighted by Gasteiger charge is 2.62. The first-order chi connectivity index (χ1) is 17.6. The summed E-state index contributed by atoms with van der Waals surface area (Å²) in [6.45, 7) is 5.36. The van der Waals surface area contributed by atoms with E-state index in [2.05, 4.69) is 10.1 Å². The minimum absolute atomic E-state index is 0.233. The molecular weight excluding hydrogens is 477 g/mol. The van der Waals surface area contributed by atoms with Gasteiger partial charge in [-0.3, -0.25) is 14.3 Å². The quantitative estimate of drug-likeness (QED) is 0.515. The van der Waals surface area contributed by atoms with E-state index in [1.54, 1.807) is 58.3 Å². The van der Waals surface area contributed by atoms with Gasteiger partial charge in [-0.2, -0.15) is 5.10 Å². The molecule has 37 heavy (non-hydrogen) atoms. The molecule has 4 heterocycles. The highest BCUT2D eigenvalue weighted by Crippen LogP contribution is 2.42. The molecule has 1 aromatic carbocycles. The fraction of sp³-hybridized carbons (Fsp3) is 0.346. The van der Waals surface area contributed by atoms with Gasteiger partial charge in [0.15, 0.2) is 0 Å². The number of imide groups is 1. The summed E-state index contributed by atoms with van der Waals surface area (Å²) in [6, 6.07) is 5.73. The van der Waals surface area contributed by atoms with Gasteiger partial charge in [0.05, 0.1) is 24.4 Å². The Balaban J connectivity index is 1.56. The van der Waals surface area contributed by atoms with Crippen molar-refractivity contribution in [3.8, 4) is 0 Å². The molecule has 0 unspecified atom stereocenters. The first-order valence-electron chi connectivity index (χ1n) is 12.1. The number of carbonyl (C=O) groups is 3. The van der Waals surface area contributed by atoms with Gasteiger partial charge in [-0.15, -0.1) is 0 Å². The largest absolute Gasteiger partial charge is 0.384 e. The fourth-order valence-corrected chi connectivity index (χ4v) is 5.28. The maximum absolute atomic E-state index is 15.1. The summed E-state index contributed by atoms with van der Waals surface area (Å²) in [5, 5.41) is 6.60. The zero-order chi connectivity index (χ0) is 26.6. The third kappa shape index (κ3) is 4.00. The first-order valence-corrected chi connectivity index (χ1v) is 12.1. The predicted octanol–water partition coefficient (Wildman–Crippen LogP) is 3.06. The van der Waals surface area contributed by atoms with E-state index >= 15 is 4.39 Å². The Kier molecular flexibility index (Phi) is 5.93. The molecule has 10 nitrogen and oxygen atoms in total. The number of fused-ring (bicyclic) bond motifs is 1. The number of urea groups is 1. The molecule has 0 spiro atoms. The van der Waals surface area contributed by atoms with Gasteiger partial charge in [0, 0.05) is 18.3 Å². The number of rotatable bonds is 6. The number of nitrogens with two attached hydrogens (primary N) is 1. The van der Waals surface area contributed by atoms with Crippen LogP contribution in [-0.4, -0.2) is 48.6 Å². The number of carbonyl (C=O) groups excluding carboxylic acids is 3. The molecule has 2 fully saturated rings. The molecule has 0 bridgehead atoms. The van der Waals surface area contributed by atoms with Crippen LogP contribution in [-0.2, 0) is 23.1 Å². The second-order valence-corrected chi connectivity index (χ2v) is 9.60. The summed E-state index contributed by atoms with van der Waals surface area (Å²) in [4.78, 5) is 46.2. The Bertz CT molecular complexity index is 1400. The maximum atomic E-state index is 15.1. The fourth-order valence-electron chi connectivity index (χ4n) is 5.28. The van der Waals surface area contributed by atoms with Crippen molar-refractivity contribution in [2.75, 3.05) is 10.7 Å². The van der Waals surface area contributed by atoms with Crippen LogP contribution < -0.4 is 10.7 Å². The minimum Gasteiger partial charge on any atom is -0.384 e. The number of nitrogen functional groups attached to an aromatic ring is 1. The third-order valence-electron chi connectivity index (χ3n) is 6.91. The minimum atomic E-state index is -0.994. The van der Waals surface area contributed by atoms with E-state index in [0.717, 1.165) is 16.0 Å². The number of aromatic nitrogens is 3. The number of halogens is 1. The summed E-state index contributed by atoms with van der Waals surface area (Å²) in [6.07, 6.45) is 3.61. The van der Waals surface area contributed by atoms with E-state index in [-0.39, 0.29) is 12.0 Å². The van der Waals surface area contributed by atoms with Crippen molar-refractivity contribution in [1.82, 2.24) is 24.7 Å². The van der Waals surface area contributed by atoms with Crippen LogP contribution in [0.4, 0.5) is 20.7 Å². The van der Waals surface area contributed by atoms with Gasteiger partial charge in [-0.05, 0) is 56.0 Å². The normalized spacial score (nSPS) is 20.2. The molecule has 2 N–H and O–H groups in total. The van der Waals surface area contributed by atoms with Crippen LogP contribution in [0.15, 0.2) is 42.7 Å². The van der Waals surface area contributed by atoms with Crippen molar-refractivity contribution in [2.45, 2.75) is 45.7 Å². The number of nitrogens with zero attached hydrogens (tertiary/aromatic N) is 6. The summed E-state index contributed by atoms with van der Waals surface area (Å²) in [5.74, 6) is -1.82. The lowest BCUT2D eigenvalue weighted by atomic mass is 9.81. The van der Waals surface area contributed by atoms with Crippen molar-refractivity contribution >= 4 is 29.4 Å². The molecule has 0 saturated carbocycles. The van der Waals surface area contributed by atoms with Gasteiger partial charge in [-0.25, -0.2) is 29.1 Å². The lowest BCUT2D eigenvalue weighted by molar-refractivity contribution is -0.162. The number of β-lactam (4-membered cyclic amide) rings is 1. The van der Waals surface area contributed by atoms with Crippen LogP contribution >= 0.6 is 0 Å². The molecule has 2 saturated heterocycles. The van der Waals surface area contributed by atoms with Gasteiger partial charge in [0.25, 0.3) is 5.91 Å². The van der Waals surface area contributed by atoms with E-state index in [4.69, 9.17) is 5.73 Å². The molecule has 0 radical (unpaired) electrons. The average Bonchev–Trinajstić information content (AvgIpc) is 3.25. The van der Waals surface area contributed by atoms with Crippen molar-refractivity contribution in [2.24, 2.45) is 13.0 Å². The number of pyridine rings is 1. The first kappa shape index (κ1) is 24.4. The smallest absolute Gasteiger partial charge is 0.347 e. The summed E-state index contributed by atoms with van der Waals surface area (Å²) >= 11 is 0. The topological polar surface area (TPSA) is 118 Å². The predicted molar refractivity (Wildman–Crippen MR) is 133 cm³/mol. The maximum Gasteiger partial charge on any atom is 0.347 e. The number of benzene rings is 1. The number of hydrogen-bond donors (Lipinski definition) is 1. The SMILES string of the molecule is CC[C@H](c1ccc(C)cc1F)N1C(=O)N2C(=O)[C@H](Cc3cc(C)nc(N)c3)[C@H]2C(=O)N1c1cnn(C)c1. The molecule has 0 aliphatic carbocycles. The molecule has 5 rings (SSSR count). The number of anilines is 2. The van der Waals surface area contributed by atoms with Crippen LogP contribution in [0.3, 0.4) is 0 Å². The van der Waals surface area contributed by atoms with Crippen LogP contribution in [0, 0.1) is 25.6 Å². The van der Waals surface area contributed by atoms with Crippen molar-refractivity contribution in [3.05, 3.63) is 70.9 Å². The Morgan fingerprint density at radius 3 is 2.49 bits per heavy atom. The summed E-state index contributed by atoms with van der Waals surface area (Å²) < 4.78 is 16.6. The van der Waals surface area contributed by atoms with Gasteiger partial charge in [0.1, 0.15) is 23.4 Å². The van der Waals surface area contributed by atoms with E-state index in [9.17, 15) is 14.4 Å². The average molecular weight is 506 g/mol. The van der Waals surface area contributed by atoms with Gasteiger partial charge < -0.3 is 5.73 Å². The molecule has 192 valence electrons. The molecule has 3 aromatic rings.